The number of amides is 2. The highest BCUT2D eigenvalue weighted by molar-refractivity contribution is 5.91. The number of hydrogen-bond donors (Lipinski definition) is 3. The van der Waals surface area contributed by atoms with Gasteiger partial charge in [0.05, 0.1) is 6.54 Å². The first-order valence-corrected chi connectivity index (χ1v) is 9.33. The van der Waals surface area contributed by atoms with E-state index in [1.807, 2.05) is 13.1 Å². The molecule has 25 heavy (non-hydrogen) atoms. The summed E-state index contributed by atoms with van der Waals surface area (Å²) in [4.78, 5) is 25.4. The Balaban J connectivity index is 1.43. The number of likely N-dealkylation sites (N-methyl/N-ethyl adjacent to an activating group) is 1. The predicted molar refractivity (Wildman–Crippen MR) is 96.3 cm³/mol. The van der Waals surface area contributed by atoms with E-state index >= 15 is 0 Å². The van der Waals surface area contributed by atoms with Crippen LogP contribution in [0, 0.1) is 0 Å². The topological polar surface area (TPSA) is 90.1 Å². The zero-order chi connectivity index (χ0) is 17.8. The third kappa shape index (κ3) is 4.81. The maximum Gasteiger partial charge on any atom is 0.239 e. The van der Waals surface area contributed by atoms with Crippen molar-refractivity contribution in [1.82, 2.24) is 20.4 Å². The van der Waals surface area contributed by atoms with Crippen LogP contribution in [0.2, 0.25) is 0 Å². The summed E-state index contributed by atoms with van der Waals surface area (Å²) >= 11 is 0. The number of nitrogens with one attached hydrogen (secondary N) is 3. The average molecular weight is 347 g/mol. The average Bonchev–Trinajstić information content (AvgIpc) is 2.98. The van der Waals surface area contributed by atoms with E-state index in [2.05, 4.69) is 25.7 Å². The van der Waals surface area contributed by atoms with E-state index in [9.17, 15) is 9.59 Å². The van der Waals surface area contributed by atoms with Crippen LogP contribution in [-0.4, -0.2) is 52.6 Å². The van der Waals surface area contributed by atoms with Crippen LogP contribution in [-0.2, 0) is 9.59 Å². The summed E-state index contributed by atoms with van der Waals surface area (Å²) < 4.78 is 0. The molecule has 2 fully saturated rings. The number of nitrogens with zero attached hydrogens (tertiary/aromatic N) is 2. The van der Waals surface area contributed by atoms with Crippen molar-refractivity contribution in [3.63, 3.8) is 0 Å². The lowest BCUT2D eigenvalue weighted by Gasteiger charge is -2.34. The molecule has 3 N–H and O–H groups in total. The second kappa shape index (κ2) is 7.99. The number of aromatic amines is 1. The molecule has 2 saturated carbocycles. The lowest BCUT2D eigenvalue weighted by Crippen LogP contribution is -2.42. The molecule has 2 aliphatic rings. The second-order valence-electron chi connectivity index (χ2n) is 7.53. The van der Waals surface area contributed by atoms with Crippen LogP contribution in [0.3, 0.4) is 0 Å². The molecule has 0 aliphatic heterocycles. The van der Waals surface area contributed by atoms with E-state index in [1.54, 1.807) is 6.92 Å². The quantitative estimate of drug-likeness (QED) is 0.734. The number of H-pyrrole nitrogens is 1. The van der Waals surface area contributed by atoms with Crippen molar-refractivity contribution in [2.75, 3.05) is 18.9 Å². The van der Waals surface area contributed by atoms with Crippen LogP contribution in [0.5, 0.6) is 0 Å². The van der Waals surface area contributed by atoms with Gasteiger partial charge in [0.2, 0.25) is 11.8 Å². The predicted octanol–water partition coefficient (Wildman–Crippen LogP) is 1.99. The summed E-state index contributed by atoms with van der Waals surface area (Å²) in [6.07, 6.45) is 8.05. The smallest absolute Gasteiger partial charge is 0.239 e. The highest BCUT2D eigenvalue weighted by atomic mass is 16.2. The summed E-state index contributed by atoms with van der Waals surface area (Å²) in [6.45, 7) is 1.95. The summed E-state index contributed by atoms with van der Waals surface area (Å²) in [7, 11) is 2.03. The van der Waals surface area contributed by atoms with E-state index in [0.29, 0.717) is 24.3 Å². The molecule has 0 radical (unpaired) electrons. The maximum absolute atomic E-state index is 12.2. The van der Waals surface area contributed by atoms with Gasteiger partial charge in [-0.15, -0.1) is 0 Å². The largest absolute Gasteiger partial charge is 0.354 e. The monoisotopic (exact) mass is 347 g/mol. The van der Waals surface area contributed by atoms with Crippen molar-refractivity contribution in [2.45, 2.75) is 69.9 Å². The van der Waals surface area contributed by atoms with Crippen molar-refractivity contribution in [3.05, 3.63) is 11.8 Å². The third-order valence-corrected chi connectivity index (χ3v) is 5.44. The molecule has 1 aromatic heterocycles. The molecule has 0 atom stereocenters. The van der Waals surface area contributed by atoms with Crippen molar-refractivity contribution in [2.24, 2.45) is 0 Å². The van der Waals surface area contributed by atoms with Crippen LogP contribution in [0.15, 0.2) is 6.07 Å². The molecule has 7 heteroatoms. The van der Waals surface area contributed by atoms with Gasteiger partial charge in [0.15, 0.2) is 5.82 Å². The van der Waals surface area contributed by atoms with Gasteiger partial charge in [-0.25, -0.2) is 0 Å². The molecule has 1 aromatic rings. The zero-order valence-electron chi connectivity index (χ0n) is 15.2. The van der Waals surface area contributed by atoms with Crippen molar-refractivity contribution >= 4 is 17.6 Å². The Morgan fingerprint density at radius 2 is 2.00 bits per heavy atom. The number of carbonyl (C=O) groups excluding carboxylic acids is 2. The molecule has 138 valence electrons. The van der Waals surface area contributed by atoms with Crippen molar-refractivity contribution < 1.29 is 9.59 Å². The van der Waals surface area contributed by atoms with E-state index in [0.717, 1.165) is 18.5 Å². The highest BCUT2D eigenvalue weighted by Crippen LogP contribution is 2.36. The Morgan fingerprint density at radius 3 is 2.68 bits per heavy atom. The van der Waals surface area contributed by atoms with Gasteiger partial charge in [0.25, 0.3) is 0 Å². The van der Waals surface area contributed by atoms with Crippen molar-refractivity contribution in [1.29, 1.82) is 0 Å². The van der Waals surface area contributed by atoms with Crippen LogP contribution in [0.1, 0.15) is 63.5 Å². The van der Waals surface area contributed by atoms with Gasteiger partial charge in [-0.3, -0.25) is 19.6 Å². The Kier molecular flexibility index (Phi) is 5.73. The molecular formula is C18H29N5O2. The van der Waals surface area contributed by atoms with E-state index in [-0.39, 0.29) is 17.9 Å². The fourth-order valence-electron chi connectivity index (χ4n) is 3.95. The number of rotatable bonds is 6. The van der Waals surface area contributed by atoms with Crippen LogP contribution in [0.25, 0.3) is 0 Å². The molecule has 3 rings (SSSR count). The third-order valence-electron chi connectivity index (χ3n) is 5.44. The van der Waals surface area contributed by atoms with Gasteiger partial charge in [0.1, 0.15) is 0 Å². The minimum atomic E-state index is -0.0177. The molecule has 0 aromatic carbocycles. The Bertz CT molecular complexity index is 602. The first-order chi connectivity index (χ1) is 12.0. The van der Waals surface area contributed by atoms with Gasteiger partial charge in [-0.05, 0) is 32.7 Å². The first-order valence-electron chi connectivity index (χ1n) is 9.33. The molecule has 0 bridgehead atoms. The molecule has 0 saturated heterocycles. The molecular weight excluding hydrogens is 318 g/mol. The van der Waals surface area contributed by atoms with Crippen LogP contribution in [0.4, 0.5) is 5.82 Å². The minimum Gasteiger partial charge on any atom is -0.354 e. The van der Waals surface area contributed by atoms with E-state index in [4.69, 9.17) is 0 Å². The van der Waals surface area contributed by atoms with Gasteiger partial charge < -0.3 is 10.6 Å². The van der Waals surface area contributed by atoms with Gasteiger partial charge in [-0.2, -0.15) is 5.10 Å². The summed E-state index contributed by atoms with van der Waals surface area (Å²) in [6, 6.07) is 2.69. The summed E-state index contributed by atoms with van der Waals surface area (Å²) in [5.74, 6) is 0.957. The number of carbonyl (C=O) groups is 2. The Morgan fingerprint density at radius 1 is 1.28 bits per heavy atom. The van der Waals surface area contributed by atoms with E-state index in [1.165, 1.54) is 32.1 Å². The van der Waals surface area contributed by atoms with Crippen LogP contribution < -0.4 is 10.6 Å². The molecule has 0 spiro atoms. The van der Waals surface area contributed by atoms with Gasteiger partial charge >= 0.3 is 0 Å². The second-order valence-corrected chi connectivity index (χ2v) is 7.53. The number of hydrogen-bond acceptors (Lipinski definition) is 4. The zero-order valence-corrected chi connectivity index (χ0v) is 15.2. The fraction of sp³-hybridized carbons (Fsp3) is 0.722. The number of anilines is 1. The summed E-state index contributed by atoms with van der Waals surface area (Å²) in [5, 5.41) is 13.0. The maximum atomic E-state index is 12.2. The Labute approximate surface area is 148 Å². The lowest BCUT2D eigenvalue weighted by molar-refractivity contribution is -0.120. The standard InChI is InChI=1S/C18H29N5O2/c1-12(24)19-14-8-13(9-14)16-10-17(22-21-16)20-18(25)11-23(2)15-6-4-3-5-7-15/h10,13-15H,3-9,11H2,1-2H3,(H,19,24)(H2,20,21,22,25). The van der Waals surface area contributed by atoms with Gasteiger partial charge in [0, 0.05) is 36.7 Å². The number of aromatic nitrogens is 2. The molecule has 2 aliphatic carbocycles. The van der Waals surface area contributed by atoms with E-state index < -0.39 is 0 Å². The summed E-state index contributed by atoms with van der Waals surface area (Å²) in [5.41, 5.74) is 1.03. The molecule has 1 heterocycles. The first kappa shape index (κ1) is 17.9. The molecule has 0 unspecified atom stereocenters. The minimum absolute atomic E-state index is 0.0168. The lowest BCUT2D eigenvalue weighted by atomic mass is 9.78. The van der Waals surface area contributed by atoms with Gasteiger partial charge in [-0.1, -0.05) is 19.3 Å². The highest BCUT2D eigenvalue weighted by Gasteiger charge is 2.32. The molecule has 7 nitrogen and oxygen atoms in total. The normalized spacial score (nSPS) is 24.0. The van der Waals surface area contributed by atoms with Crippen molar-refractivity contribution in [3.8, 4) is 0 Å². The molecule has 2 amide bonds. The fourth-order valence-corrected chi connectivity index (χ4v) is 3.95. The van der Waals surface area contributed by atoms with Crippen LogP contribution >= 0.6 is 0 Å². The SMILES string of the molecule is CC(=O)NC1CC(c2cc(NC(=O)CN(C)C3CCCCC3)n[nH]2)C1. The Hall–Kier alpha value is -1.89.